The molecule has 0 saturated carbocycles. The maximum absolute atomic E-state index is 13.6. The number of carbonyl (C=O) groups excluding carboxylic acids is 2. The van der Waals surface area contributed by atoms with Gasteiger partial charge in [0.1, 0.15) is 3.92 Å². The third kappa shape index (κ3) is 6.44. The summed E-state index contributed by atoms with van der Waals surface area (Å²) >= 11 is 1.42. The van der Waals surface area contributed by atoms with Crippen LogP contribution in [0, 0.1) is 5.92 Å². The van der Waals surface area contributed by atoms with E-state index in [4.69, 9.17) is 0 Å². The Hall–Kier alpha value is -0.820. The highest BCUT2D eigenvalue weighted by Crippen LogP contribution is 2.49. The first kappa shape index (κ1) is 24.2. The number of carbonyl (C=O) groups is 2. The summed E-state index contributed by atoms with van der Waals surface area (Å²) in [4.78, 5) is 23.2. The van der Waals surface area contributed by atoms with Crippen molar-refractivity contribution in [1.29, 1.82) is 0 Å². The Morgan fingerprint density at radius 3 is 1.76 bits per heavy atom. The summed E-state index contributed by atoms with van der Waals surface area (Å²) in [5.74, 6) is -16.3. The van der Waals surface area contributed by atoms with E-state index in [0.717, 1.165) is 0 Å². The first-order valence-electron chi connectivity index (χ1n) is 7.00. The number of ether oxygens (including phenoxy) is 2. The van der Waals surface area contributed by atoms with Crippen LogP contribution in [0.25, 0.3) is 0 Å². The number of esters is 2. The number of rotatable bonds is 9. The predicted molar refractivity (Wildman–Crippen MR) is 79.7 cm³/mol. The quantitative estimate of drug-likeness (QED) is 0.209. The Morgan fingerprint density at radius 1 is 0.920 bits per heavy atom. The van der Waals surface area contributed by atoms with Gasteiger partial charge in [-0.1, -0.05) is 22.6 Å². The molecule has 0 aliphatic carbocycles. The molecule has 0 spiro atoms. The van der Waals surface area contributed by atoms with Gasteiger partial charge in [0.25, 0.3) is 0 Å². The standard InChI is InChI=1S/C13H16F7IO4/c1-3-24-9(22)7(5-8(21)10(23)25-4-2)6-11(14,15)12(16,17)13(18,19)20/h7-8H,3-6H2,1-2H3. The van der Waals surface area contributed by atoms with Crippen molar-refractivity contribution in [2.75, 3.05) is 13.2 Å². The van der Waals surface area contributed by atoms with E-state index < -0.39 is 52.6 Å². The lowest BCUT2D eigenvalue weighted by Crippen LogP contribution is -2.53. The zero-order chi connectivity index (χ0) is 20.1. The Bertz CT molecular complexity index is 468. The first-order valence-corrected chi connectivity index (χ1v) is 8.25. The molecule has 2 unspecified atom stereocenters. The Morgan fingerprint density at radius 2 is 1.36 bits per heavy atom. The molecule has 2 atom stereocenters. The second kappa shape index (κ2) is 9.21. The van der Waals surface area contributed by atoms with Gasteiger partial charge in [0, 0.05) is 6.42 Å². The van der Waals surface area contributed by atoms with E-state index in [1.54, 1.807) is 0 Å². The number of hydrogen-bond acceptors (Lipinski definition) is 4. The van der Waals surface area contributed by atoms with Crippen LogP contribution in [-0.2, 0) is 19.1 Å². The van der Waals surface area contributed by atoms with Crippen molar-refractivity contribution < 1.29 is 49.8 Å². The summed E-state index contributed by atoms with van der Waals surface area (Å²) in [6.07, 6.45) is -9.36. The maximum atomic E-state index is 13.6. The van der Waals surface area contributed by atoms with Gasteiger partial charge in [-0.15, -0.1) is 0 Å². The van der Waals surface area contributed by atoms with Crippen LogP contribution in [0.5, 0.6) is 0 Å². The zero-order valence-electron chi connectivity index (χ0n) is 13.1. The van der Waals surface area contributed by atoms with Crippen LogP contribution in [-0.4, -0.2) is 47.1 Å². The van der Waals surface area contributed by atoms with Gasteiger partial charge >= 0.3 is 30.0 Å². The van der Waals surface area contributed by atoms with Gasteiger partial charge < -0.3 is 9.47 Å². The van der Waals surface area contributed by atoms with E-state index >= 15 is 0 Å². The number of alkyl halides is 8. The fraction of sp³-hybridized carbons (Fsp3) is 0.846. The van der Waals surface area contributed by atoms with Crippen LogP contribution in [0.1, 0.15) is 26.7 Å². The molecule has 0 aromatic heterocycles. The molecule has 0 saturated heterocycles. The number of hydrogen-bond donors (Lipinski definition) is 0. The van der Waals surface area contributed by atoms with Gasteiger partial charge in [-0.25, -0.2) is 0 Å². The average molecular weight is 496 g/mol. The highest BCUT2D eigenvalue weighted by atomic mass is 127. The van der Waals surface area contributed by atoms with E-state index in [1.165, 1.54) is 36.4 Å². The third-order valence-corrected chi connectivity index (χ3v) is 3.99. The van der Waals surface area contributed by atoms with Crippen LogP contribution in [0.3, 0.4) is 0 Å². The van der Waals surface area contributed by atoms with Crippen molar-refractivity contribution in [3.63, 3.8) is 0 Å². The molecule has 148 valence electrons. The van der Waals surface area contributed by atoms with Crippen molar-refractivity contribution >= 4 is 34.5 Å². The highest BCUT2D eigenvalue weighted by molar-refractivity contribution is 14.1. The van der Waals surface area contributed by atoms with Gasteiger partial charge in [0.15, 0.2) is 0 Å². The smallest absolute Gasteiger partial charge is 0.459 e. The fourth-order valence-electron chi connectivity index (χ4n) is 1.75. The monoisotopic (exact) mass is 496 g/mol. The molecule has 0 N–H and O–H groups in total. The Kier molecular flexibility index (Phi) is 8.91. The van der Waals surface area contributed by atoms with Gasteiger partial charge in [-0.05, 0) is 20.3 Å². The van der Waals surface area contributed by atoms with E-state index in [2.05, 4.69) is 9.47 Å². The van der Waals surface area contributed by atoms with Crippen molar-refractivity contribution in [1.82, 2.24) is 0 Å². The molecular weight excluding hydrogens is 480 g/mol. The molecule has 0 aromatic rings. The lowest BCUT2D eigenvalue weighted by atomic mass is 9.92. The second-order valence-electron chi connectivity index (χ2n) is 4.88. The molecule has 25 heavy (non-hydrogen) atoms. The molecular formula is C13H16F7IO4. The molecule has 0 aliphatic heterocycles. The third-order valence-electron chi connectivity index (χ3n) is 2.97. The van der Waals surface area contributed by atoms with Gasteiger partial charge in [0.05, 0.1) is 19.1 Å². The van der Waals surface area contributed by atoms with Crippen molar-refractivity contribution in [2.24, 2.45) is 5.92 Å². The van der Waals surface area contributed by atoms with E-state index in [9.17, 15) is 40.3 Å². The molecule has 0 aliphatic rings. The molecule has 0 radical (unpaired) electrons. The van der Waals surface area contributed by atoms with Crippen LogP contribution < -0.4 is 0 Å². The minimum absolute atomic E-state index is 0.0648. The summed E-state index contributed by atoms with van der Waals surface area (Å²) in [7, 11) is 0. The van der Waals surface area contributed by atoms with E-state index in [0.29, 0.717) is 0 Å². The van der Waals surface area contributed by atoms with Gasteiger partial charge in [-0.3, -0.25) is 9.59 Å². The minimum Gasteiger partial charge on any atom is -0.466 e. The molecule has 0 aromatic carbocycles. The first-order chi connectivity index (χ1) is 11.2. The van der Waals surface area contributed by atoms with E-state index in [1.807, 2.05) is 0 Å². The molecule has 12 heteroatoms. The minimum atomic E-state index is -6.50. The predicted octanol–water partition coefficient (Wildman–Crippen LogP) is 4.15. The van der Waals surface area contributed by atoms with Crippen LogP contribution in [0.2, 0.25) is 0 Å². The molecule has 0 heterocycles. The molecule has 0 fully saturated rings. The Labute approximate surface area is 152 Å². The largest absolute Gasteiger partial charge is 0.466 e. The SMILES string of the molecule is CCOC(=O)C(I)CC(CC(F)(F)C(F)(F)C(F)(F)F)C(=O)OCC. The highest BCUT2D eigenvalue weighted by Gasteiger charge is 2.73. The Balaban J connectivity index is 5.43. The summed E-state index contributed by atoms with van der Waals surface area (Å²) in [6, 6.07) is 0. The molecule has 4 nitrogen and oxygen atoms in total. The zero-order valence-corrected chi connectivity index (χ0v) is 15.3. The topological polar surface area (TPSA) is 52.6 Å². The van der Waals surface area contributed by atoms with Crippen molar-refractivity contribution in [2.45, 2.75) is 48.6 Å². The van der Waals surface area contributed by atoms with Gasteiger partial charge in [0.2, 0.25) is 0 Å². The lowest BCUT2D eigenvalue weighted by molar-refractivity contribution is -0.357. The van der Waals surface area contributed by atoms with Crippen LogP contribution in [0.4, 0.5) is 30.7 Å². The molecule has 0 bridgehead atoms. The lowest BCUT2D eigenvalue weighted by Gasteiger charge is -2.30. The van der Waals surface area contributed by atoms with E-state index in [-0.39, 0.29) is 13.2 Å². The summed E-state index contributed by atoms with van der Waals surface area (Å²) in [5.41, 5.74) is 0. The second-order valence-corrected chi connectivity index (χ2v) is 6.39. The van der Waals surface area contributed by atoms with Crippen LogP contribution >= 0.6 is 22.6 Å². The normalized spacial score (nSPS) is 15.4. The molecule has 0 rings (SSSR count). The number of halogens is 8. The summed E-state index contributed by atoms with van der Waals surface area (Å²) in [6.45, 7) is 2.37. The van der Waals surface area contributed by atoms with Crippen molar-refractivity contribution in [3.8, 4) is 0 Å². The van der Waals surface area contributed by atoms with Gasteiger partial charge in [-0.2, -0.15) is 30.7 Å². The maximum Gasteiger partial charge on any atom is 0.459 e. The average Bonchev–Trinajstić information content (AvgIpc) is 2.45. The van der Waals surface area contributed by atoms with Crippen LogP contribution in [0.15, 0.2) is 0 Å². The van der Waals surface area contributed by atoms with Crippen molar-refractivity contribution in [3.05, 3.63) is 0 Å². The summed E-state index contributed by atoms with van der Waals surface area (Å²) < 4.78 is 97.5. The fourth-order valence-corrected chi connectivity index (χ4v) is 2.54. The summed E-state index contributed by atoms with van der Waals surface area (Å²) in [5, 5.41) is 0. The molecule has 0 amide bonds.